The maximum absolute atomic E-state index is 11.2. The van der Waals surface area contributed by atoms with Crippen LogP contribution in [0, 0.1) is 5.41 Å². The molecule has 0 fully saturated rings. The third kappa shape index (κ3) is 3.61. The van der Waals surface area contributed by atoms with Gasteiger partial charge in [0.2, 0.25) is 0 Å². The Bertz CT molecular complexity index is 403. The molecule has 6 heteroatoms. The molecule has 0 aliphatic carbocycles. The first-order valence-electron chi connectivity index (χ1n) is 5.04. The van der Waals surface area contributed by atoms with Gasteiger partial charge in [0.05, 0.1) is 11.9 Å². The maximum Gasteiger partial charge on any atom is 0.280 e. The topological polar surface area (TPSA) is 78.0 Å². The summed E-state index contributed by atoms with van der Waals surface area (Å²) >= 11 is 3.19. The van der Waals surface area contributed by atoms with Crippen molar-refractivity contribution >= 4 is 21.6 Å². The standard InChI is InChI=1S/C10H16BrN3O2/c1-10(2,3-4-15)6-12-7-5-13-14-9(16)8(7)11/h5,15H,3-4,6H2,1-2H3,(H2,12,14,16). The zero-order valence-corrected chi connectivity index (χ0v) is 11.0. The molecular weight excluding hydrogens is 274 g/mol. The molecule has 0 aromatic carbocycles. The van der Waals surface area contributed by atoms with Crippen molar-refractivity contribution in [2.75, 3.05) is 18.5 Å². The molecule has 5 nitrogen and oxygen atoms in total. The highest BCUT2D eigenvalue weighted by Gasteiger charge is 2.17. The second-order valence-electron chi connectivity index (χ2n) is 4.42. The molecular formula is C10H16BrN3O2. The minimum Gasteiger partial charge on any atom is -0.396 e. The monoisotopic (exact) mass is 289 g/mol. The summed E-state index contributed by atoms with van der Waals surface area (Å²) in [7, 11) is 0. The van der Waals surface area contributed by atoms with Crippen molar-refractivity contribution in [3.8, 4) is 0 Å². The summed E-state index contributed by atoms with van der Waals surface area (Å²) in [6, 6.07) is 0. The van der Waals surface area contributed by atoms with Gasteiger partial charge in [-0.1, -0.05) is 13.8 Å². The molecule has 0 spiro atoms. The molecule has 1 heterocycles. The molecule has 0 radical (unpaired) electrons. The number of H-pyrrole nitrogens is 1. The highest BCUT2D eigenvalue weighted by Crippen LogP contribution is 2.22. The molecule has 0 saturated carbocycles. The zero-order chi connectivity index (χ0) is 12.2. The molecule has 0 unspecified atom stereocenters. The number of hydrogen-bond acceptors (Lipinski definition) is 4. The summed E-state index contributed by atoms with van der Waals surface area (Å²) in [6.45, 7) is 4.91. The molecule has 1 aromatic rings. The van der Waals surface area contributed by atoms with Crippen LogP contribution in [-0.2, 0) is 0 Å². The second-order valence-corrected chi connectivity index (χ2v) is 5.21. The Hall–Kier alpha value is -0.880. The van der Waals surface area contributed by atoms with Gasteiger partial charge in [0.1, 0.15) is 4.47 Å². The molecule has 16 heavy (non-hydrogen) atoms. The Balaban J connectivity index is 2.68. The number of rotatable bonds is 5. The summed E-state index contributed by atoms with van der Waals surface area (Å²) in [6.07, 6.45) is 2.26. The average molecular weight is 290 g/mol. The Kier molecular flexibility index (Phi) is 4.49. The van der Waals surface area contributed by atoms with E-state index in [0.717, 1.165) is 0 Å². The van der Waals surface area contributed by atoms with Gasteiger partial charge >= 0.3 is 0 Å². The van der Waals surface area contributed by atoms with Crippen LogP contribution in [0.25, 0.3) is 0 Å². The van der Waals surface area contributed by atoms with E-state index in [1.54, 1.807) is 6.20 Å². The lowest BCUT2D eigenvalue weighted by Gasteiger charge is -2.24. The van der Waals surface area contributed by atoms with Crippen molar-refractivity contribution in [3.05, 3.63) is 21.0 Å². The van der Waals surface area contributed by atoms with Gasteiger partial charge in [0.15, 0.2) is 0 Å². The Labute approximate surface area is 102 Å². The predicted octanol–water partition coefficient (Wildman–Crippen LogP) is 1.35. The summed E-state index contributed by atoms with van der Waals surface area (Å²) in [5.41, 5.74) is 0.372. The second kappa shape index (κ2) is 5.45. The van der Waals surface area contributed by atoms with Crippen molar-refractivity contribution in [1.82, 2.24) is 10.2 Å². The van der Waals surface area contributed by atoms with Gasteiger partial charge in [0.25, 0.3) is 5.56 Å². The van der Waals surface area contributed by atoms with Crippen LogP contribution in [0.2, 0.25) is 0 Å². The van der Waals surface area contributed by atoms with Gasteiger partial charge in [-0.25, -0.2) is 5.10 Å². The number of aromatic amines is 1. The number of aliphatic hydroxyl groups is 1. The van der Waals surface area contributed by atoms with E-state index in [2.05, 4.69) is 31.4 Å². The highest BCUT2D eigenvalue weighted by atomic mass is 79.9. The molecule has 0 amide bonds. The summed E-state index contributed by atoms with van der Waals surface area (Å²) in [5, 5.41) is 18.1. The van der Waals surface area contributed by atoms with Gasteiger partial charge in [-0.15, -0.1) is 0 Å². The van der Waals surface area contributed by atoms with E-state index in [0.29, 0.717) is 23.1 Å². The first kappa shape index (κ1) is 13.2. The van der Waals surface area contributed by atoms with Crippen LogP contribution in [0.4, 0.5) is 5.69 Å². The van der Waals surface area contributed by atoms with Crippen molar-refractivity contribution in [3.63, 3.8) is 0 Å². The van der Waals surface area contributed by atoms with Gasteiger partial charge in [-0.2, -0.15) is 5.10 Å². The van der Waals surface area contributed by atoms with E-state index in [1.807, 2.05) is 13.8 Å². The first-order chi connectivity index (χ1) is 7.46. The number of aliphatic hydroxyl groups excluding tert-OH is 1. The van der Waals surface area contributed by atoms with Crippen LogP contribution in [0.15, 0.2) is 15.5 Å². The molecule has 3 N–H and O–H groups in total. The van der Waals surface area contributed by atoms with E-state index in [-0.39, 0.29) is 17.6 Å². The number of nitrogens with zero attached hydrogens (tertiary/aromatic N) is 1. The first-order valence-corrected chi connectivity index (χ1v) is 5.83. The fourth-order valence-corrected chi connectivity index (χ4v) is 1.56. The van der Waals surface area contributed by atoms with E-state index < -0.39 is 0 Å². The van der Waals surface area contributed by atoms with Crippen LogP contribution >= 0.6 is 15.9 Å². The SMILES string of the molecule is CC(C)(CCO)CNc1cn[nH]c(=O)c1Br. The minimum atomic E-state index is -0.259. The lowest BCUT2D eigenvalue weighted by atomic mass is 9.90. The van der Waals surface area contributed by atoms with Crippen LogP contribution in [-0.4, -0.2) is 28.5 Å². The lowest BCUT2D eigenvalue weighted by Crippen LogP contribution is -2.25. The third-order valence-electron chi connectivity index (χ3n) is 2.34. The Morgan fingerprint density at radius 1 is 1.62 bits per heavy atom. The Morgan fingerprint density at radius 3 is 2.94 bits per heavy atom. The van der Waals surface area contributed by atoms with Crippen LogP contribution in [0.5, 0.6) is 0 Å². The van der Waals surface area contributed by atoms with Gasteiger partial charge in [0, 0.05) is 13.2 Å². The molecule has 0 aliphatic heterocycles. The molecule has 1 aromatic heterocycles. The van der Waals surface area contributed by atoms with Crippen molar-refractivity contribution in [1.29, 1.82) is 0 Å². The van der Waals surface area contributed by atoms with E-state index in [4.69, 9.17) is 5.11 Å². The average Bonchev–Trinajstić information content (AvgIpc) is 2.20. The van der Waals surface area contributed by atoms with E-state index >= 15 is 0 Å². The van der Waals surface area contributed by atoms with E-state index in [1.165, 1.54) is 0 Å². The molecule has 0 bridgehead atoms. The molecule has 0 aliphatic rings. The largest absolute Gasteiger partial charge is 0.396 e. The zero-order valence-electron chi connectivity index (χ0n) is 9.38. The number of anilines is 1. The summed E-state index contributed by atoms with van der Waals surface area (Å²) in [4.78, 5) is 11.2. The number of hydrogen-bond donors (Lipinski definition) is 3. The quantitative estimate of drug-likeness (QED) is 0.765. The van der Waals surface area contributed by atoms with Gasteiger partial charge in [-0.05, 0) is 27.8 Å². The lowest BCUT2D eigenvalue weighted by molar-refractivity contribution is 0.220. The van der Waals surface area contributed by atoms with Gasteiger partial charge in [-0.3, -0.25) is 4.79 Å². The molecule has 90 valence electrons. The van der Waals surface area contributed by atoms with Crippen molar-refractivity contribution in [2.24, 2.45) is 5.41 Å². The number of nitrogens with one attached hydrogen (secondary N) is 2. The molecule has 1 rings (SSSR count). The minimum absolute atomic E-state index is 0.0310. The Morgan fingerprint density at radius 2 is 2.31 bits per heavy atom. The normalized spacial score (nSPS) is 11.5. The summed E-state index contributed by atoms with van der Waals surface area (Å²) in [5.74, 6) is 0. The van der Waals surface area contributed by atoms with E-state index in [9.17, 15) is 4.79 Å². The smallest absolute Gasteiger partial charge is 0.280 e. The van der Waals surface area contributed by atoms with Crippen molar-refractivity contribution < 1.29 is 5.11 Å². The highest BCUT2D eigenvalue weighted by molar-refractivity contribution is 9.10. The molecule has 0 saturated heterocycles. The van der Waals surface area contributed by atoms with Gasteiger partial charge < -0.3 is 10.4 Å². The van der Waals surface area contributed by atoms with Crippen molar-refractivity contribution in [2.45, 2.75) is 20.3 Å². The summed E-state index contributed by atoms with van der Waals surface area (Å²) < 4.78 is 0.447. The third-order valence-corrected chi connectivity index (χ3v) is 3.13. The van der Waals surface area contributed by atoms with Crippen LogP contribution in [0.1, 0.15) is 20.3 Å². The fourth-order valence-electron chi connectivity index (χ4n) is 1.23. The predicted molar refractivity (Wildman–Crippen MR) is 66.5 cm³/mol. The fraction of sp³-hybridized carbons (Fsp3) is 0.600. The van der Waals surface area contributed by atoms with Crippen LogP contribution < -0.4 is 10.9 Å². The maximum atomic E-state index is 11.2. The molecule has 0 atom stereocenters. The number of halogens is 1. The van der Waals surface area contributed by atoms with Crippen LogP contribution in [0.3, 0.4) is 0 Å². The number of aromatic nitrogens is 2.